The molecule has 0 atom stereocenters. The molecule has 19 heavy (non-hydrogen) atoms. The quantitative estimate of drug-likeness (QED) is 0.919. The highest BCUT2D eigenvalue weighted by Gasteiger charge is 2.34. The topological polar surface area (TPSA) is 29.9 Å². The maximum atomic E-state index is 4.44. The number of nitrogens with one attached hydrogen (secondary N) is 1. The van der Waals surface area contributed by atoms with Crippen molar-refractivity contribution in [2.24, 2.45) is 0 Å². The Morgan fingerprint density at radius 2 is 2.11 bits per heavy atom. The minimum Gasteiger partial charge on any atom is -0.333 e. The van der Waals surface area contributed by atoms with Crippen LogP contribution in [0.1, 0.15) is 50.1 Å². The van der Waals surface area contributed by atoms with E-state index in [4.69, 9.17) is 0 Å². The zero-order valence-corrected chi connectivity index (χ0v) is 12.7. The van der Waals surface area contributed by atoms with Crippen LogP contribution in [0.25, 0.3) is 0 Å². The largest absolute Gasteiger partial charge is 0.333 e. The number of nitrogens with zero attached hydrogens (tertiary/aromatic N) is 2. The predicted molar refractivity (Wildman–Crippen MR) is 81.8 cm³/mol. The fourth-order valence-corrected chi connectivity index (χ4v) is 4.64. The molecule has 2 fully saturated rings. The lowest BCUT2D eigenvalue weighted by Crippen LogP contribution is -2.30. The third-order valence-corrected chi connectivity index (χ3v) is 6.31. The van der Waals surface area contributed by atoms with Gasteiger partial charge in [-0.3, -0.25) is 0 Å². The molecule has 2 aliphatic rings. The van der Waals surface area contributed by atoms with Gasteiger partial charge in [0.05, 0.1) is 6.33 Å². The highest BCUT2D eigenvalue weighted by molar-refractivity contribution is 8.00. The summed E-state index contributed by atoms with van der Waals surface area (Å²) in [5.41, 5.74) is 1.47. The molecule has 106 valence electrons. The molecule has 1 saturated carbocycles. The van der Waals surface area contributed by atoms with Gasteiger partial charge in [-0.15, -0.1) is 0 Å². The van der Waals surface area contributed by atoms with Crippen molar-refractivity contribution in [1.29, 1.82) is 0 Å². The highest BCUT2D eigenvalue weighted by Crippen LogP contribution is 2.42. The van der Waals surface area contributed by atoms with Gasteiger partial charge in [-0.25, -0.2) is 4.98 Å². The Bertz CT molecular complexity index is 403. The standard InChI is InChI=1S/C15H25N3S/c1-19-15(6-2-3-7-15)11-18-12-17-10-14(18)13-4-8-16-9-5-13/h10,12-13,16H,2-9,11H2,1H3. The van der Waals surface area contributed by atoms with Crippen LogP contribution in [-0.2, 0) is 6.54 Å². The van der Waals surface area contributed by atoms with Gasteiger partial charge in [-0.2, -0.15) is 11.8 Å². The molecule has 1 saturated heterocycles. The Morgan fingerprint density at radius 1 is 1.37 bits per heavy atom. The van der Waals surface area contributed by atoms with E-state index in [1.54, 1.807) is 0 Å². The van der Waals surface area contributed by atoms with Crippen molar-refractivity contribution >= 4 is 11.8 Å². The third kappa shape index (κ3) is 2.84. The summed E-state index contributed by atoms with van der Waals surface area (Å²) in [5, 5.41) is 3.45. The zero-order valence-electron chi connectivity index (χ0n) is 11.9. The fourth-order valence-electron chi connectivity index (χ4n) is 3.68. The first-order chi connectivity index (χ1) is 9.33. The second-order valence-corrected chi connectivity index (χ2v) is 7.34. The Morgan fingerprint density at radius 3 is 2.79 bits per heavy atom. The molecule has 4 heteroatoms. The minimum absolute atomic E-state index is 0.475. The molecule has 3 nitrogen and oxygen atoms in total. The molecule has 0 amide bonds. The molecule has 0 spiro atoms. The molecule has 1 N–H and O–H groups in total. The van der Waals surface area contributed by atoms with Crippen LogP contribution in [-0.4, -0.2) is 33.6 Å². The van der Waals surface area contributed by atoms with Gasteiger partial charge in [-0.1, -0.05) is 12.8 Å². The van der Waals surface area contributed by atoms with Gasteiger partial charge >= 0.3 is 0 Å². The van der Waals surface area contributed by atoms with E-state index >= 15 is 0 Å². The number of thioether (sulfide) groups is 1. The Labute approximate surface area is 120 Å². The number of hydrogen-bond donors (Lipinski definition) is 1. The molecular formula is C15H25N3S. The van der Waals surface area contributed by atoms with Crippen molar-refractivity contribution in [3.05, 3.63) is 18.2 Å². The predicted octanol–water partition coefficient (Wildman–Crippen LogP) is 3.03. The van der Waals surface area contributed by atoms with Crippen molar-refractivity contribution in [3.63, 3.8) is 0 Å². The summed E-state index contributed by atoms with van der Waals surface area (Å²) >= 11 is 2.07. The second kappa shape index (κ2) is 5.88. The molecule has 0 radical (unpaired) electrons. The molecule has 0 unspecified atom stereocenters. The fraction of sp³-hybridized carbons (Fsp3) is 0.800. The van der Waals surface area contributed by atoms with Crippen molar-refractivity contribution in [3.8, 4) is 0 Å². The van der Waals surface area contributed by atoms with Gasteiger partial charge in [0.1, 0.15) is 0 Å². The maximum absolute atomic E-state index is 4.44. The molecule has 3 rings (SSSR count). The van der Waals surface area contributed by atoms with Gasteiger partial charge in [0.15, 0.2) is 0 Å². The van der Waals surface area contributed by atoms with Crippen LogP contribution in [0.2, 0.25) is 0 Å². The average molecular weight is 279 g/mol. The summed E-state index contributed by atoms with van der Waals surface area (Å²) in [7, 11) is 0. The van der Waals surface area contributed by atoms with E-state index in [-0.39, 0.29) is 0 Å². The van der Waals surface area contributed by atoms with Gasteiger partial charge in [-0.05, 0) is 45.0 Å². The summed E-state index contributed by atoms with van der Waals surface area (Å²) in [6.07, 6.45) is 14.5. The molecule has 1 aliphatic carbocycles. The highest BCUT2D eigenvalue weighted by atomic mass is 32.2. The van der Waals surface area contributed by atoms with Crippen molar-refractivity contribution < 1.29 is 0 Å². The summed E-state index contributed by atoms with van der Waals surface area (Å²) in [5.74, 6) is 0.712. The van der Waals surface area contributed by atoms with Crippen molar-refractivity contribution in [2.75, 3.05) is 19.3 Å². The lowest BCUT2D eigenvalue weighted by Gasteiger charge is -2.30. The van der Waals surface area contributed by atoms with E-state index in [0.717, 1.165) is 19.6 Å². The molecule has 2 heterocycles. The summed E-state index contributed by atoms with van der Waals surface area (Å²) in [6, 6.07) is 0. The molecule has 1 aromatic rings. The monoisotopic (exact) mass is 279 g/mol. The van der Waals surface area contributed by atoms with Crippen LogP contribution in [0.4, 0.5) is 0 Å². The Hall–Kier alpha value is -0.480. The molecule has 1 aliphatic heterocycles. The first-order valence-corrected chi connectivity index (χ1v) is 8.81. The lowest BCUT2D eigenvalue weighted by atomic mass is 9.94. The Kier molecular flexibility index (Phi) is 4.18. The van der Waals surface area contributed by atoms with Crippen molar-refractivity contribution in [1.82, 2.24) is 14.9 Å². The molecule has 0 aromatic carbocycles. The van der Waals surface area contributed by atoms with E-state index in [2.05, 4.69) is 45.4 Å². The number of imidazole rings is 1. The summed E-state index contributed by atoms with van der Waals surface area (Å²) in [4.78, 5) is 4.44. The first-order valence-electron chi connectivity index (χ1n) is 7.59. The number of hydrogen-bond acceptors (Lipinski definition) is 3. The van der Waals surface area contributed by atoms with Crippen LogP contribution < -0.4 is 5.32 Å². The number of rotatable bonds is 4. The van der Waals surface area contributed by atoms with E-state index in [1.807, 2.05) is 0 Å². The minimum atomic E-state index is 0.475. The lowest BCUT2D eigenvalue weighted by molar-refractivity contribution is 0.422. The van der Waals surface area contributed by atoms with Crippen LogP contribution >= 0.6 is 11.8 Å². The Balaban J connectivity index is 1.75. The van der Waals surface area contributed by atoms with Crippen molar-refractivity contribution in [2.45, 2.75) is 55.7 Å². The normalized spacial score (nSPS) is 23.8. The van der Waals surface area contributed by atoms with Gasteiger partial charge in [0.2, 0.25) is 0 Å². The van der Waals surface area contributed by atoms with Crippen LogP contribution in [0, 0.1) is 0 Å². The van der Waals surface area contributed by atoms with Gasteiger partial charge < -0.3 is 9.88 Å². The van der Waals surface area contributed by atoms with E-state index in [9.17, 15) is 0 Å². The van der Waals surface area contributed by atoms with Crippen LogP contribution in [0.5, 0.6) is 0 Å². The zero-order chi connectivity index (χ0) is 13.1. The van der Waals surface area contributed by atoms with E-state index < -0.39 is 0 Å². The van der Waals surface area contributed by atoms with Gasteiger partial charge in [0.25, 0.3) is 0 Å². The smallest absolute Gasteiger partial charge is 0.0948 e. The average Bonchev–Trinajstić information content (AvgIpc) is 3.10. The van der Waals surface area contributed by atoms with E-state index in [1.165, 1.54) is 44.2 Å². The number of piperidine rings is 1. The molecule has 1 aromatic heterocycles. The van der Waals surface area contributed by atoms with E-state index in [0.29, 0.717) is 10.7 Å². The summed E-state index contributed by atoms with van der Waals surface area (Å²) < 4.78 is 2.93. The maximum Gasteiger partial charge on any atom is 0.0948 e. The van der Waals surface area contributed by atoms with Crippen LogP contribution in [0.15, 0.2) is 12.5 Å². The van der Waals surface area contributed by atoms with Crippen LogP contribution in [0.3, 0.4) is 0 Å². The second-order valence-electron chi connectivity index (χ2n) is 6.06. The SMILES string of the molecule is CSC1(Cn2cncc2C2CCNCC2)CCCC1. The third-order valence-electron chi connectivity index (χ3n) is 4.91. The van der Waals surface area contributed by atoms with Gasteiger partial charge in [0, 0.05) is 29.1 Å². The molecular weight excluding hydrogens is 254 g/mol. The summed E-state index contributed by atoms with van der Waals surface area (Å²) in [6.45, 7) is 3.47. The number of aromatic nitrogens is 2. The molecule has 0 bridgehead atoms. The first kappa shape index (κ1) is 13.5.